The van der Waals surface area contributed by atoms with E-state index in [1.54, 1.807) is 12.1 Å². The Hall–Kier alpha value is -2.61. The van der Waals surface area contributed by atoms with Gasteiger partial charge in [0.05, 0.1) is 24.0 Å². The summed E-state index contributed by atoms with van der Waals surface area (Å²) in [5.41, 5.74) is 1.50. The fourth-order valence-electron chi connectivity index (χ4n) is 1.90. The number of nitrogens with one attached hydrogen (secondary N) is 1. The van der Waals surface area contributed by atoms with Gasteiger partial charge in [-0.15, -0.1) is 0 Å². The summed E-state index contributed by atoms with van der Waals surface area (Å²) in [6.07, 6.45) is -2.87. The molecule has 8 heteroatoms. The van der Waals surface area contributed by atoms with E-state index in [2.05, 4.69) is 15.0 Å². The van der Waals surface area contributed by atoms with Crippen LogP contribution in [0.25, 0.3) is 0 Å². The largest absolute Gasteiger partial charge is 0.484 e. The van der Waals surface area contributed by atoms with E-state index in [9.17, 15) is 18.0 Å². The van der Waals surface area contributed by atoms with Crippen molar-refractivity contribution < 1.29 is 27.4 Å². The molecule has 5 nitrogen and oxygen atoms in total. The van der Waals surface area contributed by atoms with Crippen molar-refractivity contribution in [2.24, 2.45) is 0 Å². The van der Waals surface area contributed by atoms with Crippen LogP contribution in [0.15, 0.2) is 42.6 Å². The minimum absolute atomic E-state index is 0.0662. The molecule has 0 aliphatic carbocycles. The second-order valence-electron chi connectivity index (χ2n) is 5.78. The Balaban J connectivity index is 1.90. The Kier molecular flexibility index (Phi) is 6.57. The van der Waals surface area contributed by atoms with E-state index in [0.29, 0.717) is 23.6 Å². The van der Waals surface area contributed by atoms with Crippen molar-refractivity contribution in [1.82, 2.24) is 4.98 Å². The third-order valence-electron chi connectivity index (χ3n) is 3.17. The van der Waals surface area contributed by atoms with Crippen LogP contribution < -0.4 is 10.1 Å². The SMILES string of the molecule is CC(C)OCc1ccc(C(=O)Nc2ccc(OCC(F)(F)F)cc2)cn1. The quantitative estimate of drug-likeness (QED) is 0.796. The van der Waals surface area contributed by atoms with Crippen molar-refractivity contribution in [3.63, 3.8) is 0 Å². The molecule has 1 heterocycles. The maximum absolute atomic E-state index is 12.2. The van der Waals surface area contributed by atoms with Gasteiger partial charge in [-0.05, 0) is 50.2 Å². The summed E-state index contributed by atoms with van der Waals surface area (Å²) >= 11 is 0. The number of amides is 1. The van der Waals surface area contributed by atoms with E-state index in [0.717, 1.165) is 0 Å². The number of pyridine rings is 1. The number of ether oxygens (including phenoxy) is 2. The van der Waals surface area contributed by atoms with Gasteiger partial charge in [0, 0.05) is 11.9 Å². The molecule has 0 atom stereocenters. The van der Waals surface area contributed by atoms with Gasteiger partial charge in [-0.1, -0.05) is 0 Å². The lowest BCUT2D eigenvalue weighted by molar-refractivity contribution is -0.153. The number of carbonyl (C=O) groups excluding carboxylic acids is 1. The monoisotopic (exact) mass is 368 g/mol. The first-order valence-electron chi connectivity index (χ1n) is 7.90. The molecule has 0 bridgehead atoms. The van der Waals surface area contributed by atoms with Gasteiger partial charge in [-0.2, -0.15) is 13.2 Å². The minimum atomic E-state index is -4.40. The Morgan fingerprint density at radius 3 is 2.38 bits per heavy atom. The van der Waals surface area contributed by atoms with Crippen LogP contribution in [0.5, 0.6) is 5.75 Å². The first-order valence-corrected chi connectivity index (χ1v) is 7.90. The number of anilines is 1. The summed E-state index contributed by atoms with van der Waals surface area (Å²) in [5, 5.41) is 2.64. The zero-order chi connectivity index (χ0) is 19.2. The lowest BCUT2D eigenvalue weighted by Gasteiger charge is -2.10. The molecule has 0 radical (unpaired) electrons. The van der Waals surface area contributed by atoms with Crippen LogP contribution in [0.4, 0.5) is 18.9 Å². The number of hydrogen-bond donors (Lipinski definition) is 1. The molecule has 0 spiro atoms. The van der Waals surface area contributed by atoms with Crippen molar-refractivity contribution >= 4 is 11.6 Å². The summed E-state index contributed by atoms with van der Waals surface area (Å²) in [6.45, 7) is 2.83. The lowest BCUT2D eigenvalue weighted by Crippen LogP contribution is -2.19. The van der Waals surface area contributed by atoms with Crippen molar-refractivity contribution in [1.29, 1.82) is 0 Å². The van der Waals surface area contributed by atoms with Crippen LogP contribution in [0.1, 0.15) is 29.9 Å². The molecule has 2 rings (SSSR count). The molecule has 0 unspecified atom stereocenters. The molecular weight excluding hydrogens is 349 g/mol. The molecule has 0 saturated heterocycles. The second-order valence-corrected chi connectivity index (χ2v) is 5.78. The third kappa shape index (κ3) is 6.72. The zero-order valence-corrected chi connectivity index (χ0v) is 14.3. The smallest absolute Gasteiger partial charge is 0.422 e. The number of alkyl halides is 3. The van der Waals surface area contributed by atoms with Gasteiger partial charge in [-0.3, -0.25) is 9.78 Å². The van der Waals surface area contributed by atoms with E-state index >= 15 is 0 Å². The van der Waals surface area contributed by atoms with Crippen LogP contribution in [-0.2, 0) is 11.3 Å². The molecular formula is C18H19F3N2O3. The highest BCUT2D eigenvalue weighted by Crippen LogP contribution is 2.20. The van der Waals surface area contributed by atoms with Gasteiger partial charge >= 0.3 is 6.18 Å². The average molecular weight is 368 g/mol. The molecule has 26 heavy (non-hydrogen) atoms. The maximum Gasteiger partial charge on any atom is 0.422 e. The van der Waals surface area contributed by atoms with Gasteiger partial charge < -0.3 is 14.8 Å². The third-order valence-corrected chi connectivity index (χ3v) is 3.17. The molecule has 0 aliphatic heterocycles. The van der Waals surface area contributed by atoms with Crippen molar-refractivity contribution in [3.05, 3.63) is 53.9 Å². The number of halogens is 3. The van der Waals surface area contributed by atoms with Crippen molar-refractivity contribution in [3.8, 4) is 5.75 Å². The molecule has 0 saturated carbocycles. The molecule has 1 N–H and O–H groups in total. The predicted octanol–water partition coefficient (Wildman–Crippen LogP) is 4.20. The highest BCUT2D eigenvalue weighted by atomic mass is 19.4. The maximum atomic E-state index is 12.2. The van der Waals surface area contributed by atoms with Gasteiger partial charge in [0.15, 0.2) is 6.61 Å². The summed E-state index contributed by atoms with van der Waals surface area (Å²) in [5.74, 6) is -0.311. The molecule has 0 aliphatic rings. The Bertz CT molecular complexity index is 714. The van der Waals surface area contributed by atoms with Gasteiger partial charge in [0.2, 0.25) is 0 Å². The van der Waals surface area contributed by atoms with E-state index in [-0.39, 0.29) is 17.8 Å². The van der Waals surface area contributed by atoms with E-state index in [1.807, 2.05) is 13.8 Å². The highest BCUT2D eigenvalue weighted by Gasteiger charge is 2.28. The molecule has 1 aromatic carbocycles. The average Bonchev–Trinajstić information content (AvgIpc) is 2.59. The van der Waals surface area contributed by atoms with Crippen LogP contribution >= 0.6 is 0 Å². The Morgan fingerprint density at radius 1 is 1.15 bits per heavy atom. The number of hydrogen-bond acceptors (Lipinski definition) is 4. The zero-order valence-electron chi connectivity index (χ0n) is 14.3. The molecule has 140 valence electrons. The number of nitrogens with zero attached hydrogens (tertiary/aromatic N) is 1. The first kappa shape index (κ1) is 19.7. The summed E-state index contributed by atoms with van der Waals surface area (Å²) in [4.78, 5) is 16.3. The van der Waals surface area contributed by atoms with Crippen LogP contribution in [0.3, 0.4) is 0 Å². The summed E-state index contributed by atoms with van der Waals surface area (Å²) < 4.78 is 46.3. The van der Waals surface area contributed by atoms with Crippen molar-refractivity contribution in [2.45, 2.75) is 32.7 Å². The van der Waals surface area contributed by atoms with Gasteiger partial charge in [0.25, 0.3) is 5.91 Å². The van der Waals surface area contributed by atoms with E-state index < -0.39 is 12.8 Å². The topological polar surface area (TPSA) is 60.5 Å². The molecule has 1 amide bonds. The molecule has 2 aromatic rings. The van der Waals surface area contributed by atoms with Crippen LogP contribution in [0, 0.1) is 0 Å². The fraction of sp³-hybridized carbons (Fsp3) is 0.333. The summed E-state index contributed by atoms with van der Waals surface area (Å²) in [6, 6.07) is 8.95. The van der Waals surface area contributed by atoms with Gasteiger partial charge in [-0.25, -0.2) is 0 Å². The number of benzene rings is 1. The fourth-order valence-corrected chi connectivity index (χ4v) is 1.90. The normalized spacial score (nSPS) is 11.5. The summed E-state index contributed by atoms with van der Waals surface area (Å²) in [7, 11) is 0. The number of rotatable bonds is 7. The lowest BCUT2D eigenvalue weighted by atomic mass is 10.2. The van der Waals surface area contributed by atoms with Crippen molar-refractivity contribution in [2.75, 3.05) is 11.9 Å². The highest BCUT2D eigenvalue weighted by molar-refractivity contribution is 6.04. The van der Waals surface area contributed by atoms with Crippen LogP contribution in [0.2, 0.25) is 0 Å². The Labute approximate surface area is 149 Å². The molecule has 0 fully saturated rings. The number of aromatic nitrogens is 1. The van der Waals surface area contributed by atoms with E-state index in [1.165, 1.54) is 30.5 Å². The second kappa shape index (κ2) is 8.66. The Morgan fingerprint density at radius 2 is 1.85 bits per heavy atom. The van der Waals surface area contributed by atoms with E-state index in [4.69, 9.17) is 4.74 Å². The van der Waals surface area contributed by atoms with Gasteiger partial charge in [0.1, 0.15) is 5.75 Å². The predicted molar refractivity (Wildman–Crippen MR) is 90.1 cm³/mol. The number of carbonyl (C=O) groups is 1. The van der Waals surface area contributed by atoms with Crippen LogP contribution in [-0.4, -0.2) is 29.8 Å². The minimum Gasteiger partial charge on any atom is -0.484 e. The first-order chi connectivity index (χ1) is 12.2. The standard InChI is InChI=1S/C18H19F3N2O3/c1-12(2)25-10-15-4-3-13(9-22-15)17(24)23-14-5-7-16(8-6-14)26-11-18(19,20)21/h3-9,12H,10-11H2,1-2H3,(H,23,24). The molecule has 1 aromatic heterocycles.